The summed E-state index contributed by atoms with van der Waals surface area (Å²) in [4.78, 5) is 16.8. The van der Waals surface area contributed by atoms with E-state index in [-0.39, 0.29) is 19.3 Å². The number of esters is 1. The molecule has 0 amide bonds. The van der Waals surface area contributed by atoms with E-state index in [1.165, 1.54) is 11.3 Å². The predicted molar refractivity (Wildman–Crippen MR) is 84.0 cm³/mol. The average Bonchev–Trinajstić information content (AvgIpc) is 3.32. The van der Waals surface area contributed by atoms with Gasteiger partial charge in [-0.25, -0.2) is 4.79 Å². The van der Waals surface area contributed by atoms with E-state index in [9.17, 15) is 4.79 Å². The summed E-state index contributed by atoms with van der Waals surface area (Å²) in [5, 5.41) is 5.74. The van der Waals surface area contributed by atoms with Crippen LogP contribution >= 0.6 is 11.3 Å². The van der Waals surface area contributed by atoms with Crippen LogP contribution < -0.4 is 9.47 Å². The lowest BCUT2D eigenvalue weighted by molar-refractivity contribution is 0.0435. The van der Waals surface area contributed by atoms with Crippen molar-refractivity contribution in [2.45, 2.75) is 13.5 Å². The molecule has 0 fully saturated rings. The number of carbonyl (C=O) groups excluding carboxylic acids is 1. The van der Waals surface area contributed by atoms with E-state index >= 15 is 0 Å². The number of nitrogens with zero attached hydrogens (tertiary/aromatic N) is 2. The monoisotopic (exact) mass is 344 g/mol. The molecule has 1 aliphatic rings. The van der Waals surface area contributed by atoms with Crippen LogP contribution in [0.1, 0.15) is 21.1 Å². The Hall–Kier alpha value is -2.87. The first kappa shape index (κ1) is 14.7. The topological polar surface area (TPSA) is 83.7 Å². The van der Waals surface area contributed by atoms with Crippen molar-refractivity contribution < 1.29 is 23.5 Å². The first-order valence-electron chi connectivity index (χ1n) is 7.14. The summed E-state index contributed by atoms with van der Waals surface area (Å²) >= 11 is 1.34. The van der Waals surface area contributed by atoms with Gasteiger partial charge in [0.15, 0.2) is 18.1 Å². The van der Waals surface area contributed by atoms with Crippen molar-refractivity contribution in [1.82, 2.24) is 10.1 Å². The second-order valence-electron chi connectivity index (χ2n) is 5.09. The van der Waals surface area contributed by atoms with E-state index in [1.54, 1.807) is 12.1 Å². The van der Waals surface area contributed by atoms with Crippen LogP contribution in [0.2, 0.25) is 0 Å². The molecular formula is C16H12N2O5S. The molecule has 4 rings (SSSR count). The number of rotatable bonds is 4. The van der Waals surface area contributed by atoms with Crippen molar-refractivity contribution >= 4 is 17.3 Å². The Kier molecular flexibility index (Phi) is 3.66. The van der Waals surface area contributed by atoms with Crippen LogP contribution in [0.25, 0.3) is 11.4 Å². The van der Waals surface area contributed by atoms with Crippen molar-refractivity contribution in [3.05, 3.63) is 46.0 Å². The third kappa shape index (κ3) is 2.71. The van der Waals surface area contributed by atoms with Crippen LogP contribution in [0.3, 0.4) is 0 Å². The highest BCUT2D eigenvalue weighted by atomic mass is 32.1. The van der Waals surface area contributed by atoms with Gasteiger partial charge in [0.1, 0.15) is 4.88 Å². The fourth-order valence-electron chi connectivity index (χ4n) is 2.24. The molecular weight excluding hydrogens is 332 g/mol. The first-order valence-corrected chi connectivity index (χ1v) is 8.02. The summed E-state index contributed by atoms with van der Waals surface area (Å²) in [6.45, 7) is 1.99. The summed E-state index contributed by atoms with van der Waals surface area (Å²) in [6, 6.07) is 7.24. The zero-order valence-corrected chi connectivity index (χ0v) is 13.5. The molecule has 8 heteroatoms. The van der Waals surface area contributed by atoms with E-state index < -0.39 is 5.97 Å². The van der Waals surface area contributed by atoms with Gasteiger partial charge in [-0.05, 0) is 42.1 Å². The third-order valence-electron chi connectivity index (χ3n) is 3.47. The molecule has 1 aromatic carbocycles. The van der Waals surface area contributed by atoms with Gasteiger partial charge in [0, 0.05) is 5.56 Å². The number of benzene rings is 1. The summed E-state index contributed by atoms with van der Waals surface area (Å²) in [5.41, 5.74) is 1.62. The van der Waals surface area contributed by atoms with Gasteiger partial charge < -0.3 is 18.7 Å². The van der Waals surface area contributed by atoms with Crippen molar-refractivity contribution in [1.29, 1.82) is 0 Å². The second kappa shape index (κ2) is 5.97. The Morgan fingerprint density at radius 3 is 3.00 bits per heavy atom. The number of fused-ring (bicyclic) bond motifs is 1. The summed E-state index contributed by atoms with van der Waals surface area (Å²) in [7, 11) is 0. The number of ether oxygens (including phenoxy) is 3. The Morgan fingerprint density at radius 2 is 2.17 bits per heavy atom. The van der Waals surface area contributed by atoms with Crippen LogP contribution in [0.4, 0.5) is 0 Å². The maximum atomic E-state index is 12.0. The Labute approximate surface area is 140 Å². The highest BCUT2D eigenvalue weighted by Crippen LogP contribution is 2.35. The van der Waals surface area contributed by atoms with Gasteiger partial charge in [-0.3, -0.25) is 0 Å². The smallest absolute Gasteiger partial charge is 0.349 e. The summed E-state index contributed by atoms with van der Waals surface area (Å²) in [6.07, 6.45) is 0. The van der Waals surface area contributed by atoms with Crippen LogP contribution in [0, 0.1) is 6.92 Å². The number of hydrogen-bond donors (Lipinski definition) is 0. The predicted octanol–water partition coefficient (Wildman–Crippen LogP) is 3.19. The molecule has 0 N–H and O–H groups in total. The van der Waals surface area contributed by atoms with Crippen LogP contribution in [0.15, 0.2) is 34.2 Å². The third-order valence-corrected chi connectivity index (χ3v) is 4.47. The zero-order chi connectivity index (χ0) is 16.5. The number of carbonyl (C=O) groups is 1. The molecule has 0 spiro atoms. The number of aromatic nitrogens is 2. The maximum Gasteiger partial charge on any atom is 0.349 e. The minimum Gasteiger partial charge on any atom is -0.454 e. The average molecular weight is 344 g/mol. The molecule has 0 saturated carbocycles. The van der Waals surface area contributed by atoms with Crippen molar-refractivity contribution in [3.8, 4) is 22.9 Å². The molecule has 122 valence electrons. The summed E-state index contributed by atoms with van der Waals surface area (Å²) in [5.74, 6) is 1.54. The lowest BCUT2D eigenvalue weighted by Gasteiger charge is -2.00. The highest BCUT2D eigenvalue weighted by molar-refractivity contribution is 7.12. The normalized spacial score (nSPS) is 12.4. The first-order chi connectivity index (χ1) is 11.7. The fraction of sp³-hybridized carbons (Fsp3) is 0.188. The second-order valence-corrected chi connectivity index (χ2v) is 6.00. The van der Waals surface area contributed by atoms with E-state index in [1.807, 2.05) is 24.4 Å². The van der Waals surface area contributed by atoms with E-state index in [4.69, 9.17) is 18.7 Å². The zero-order valence-electron chi connectivity index (χ0n) is 12.6. The van der Waals surface area contributed by atoms with Gasteiger partial charge >= 0.3 is 5.97 Å². The molecule has 24 heavy (non-hydrogen) atoms. The largest absolute Gasteiger partial charge is 0.454 e. The quantitative estimate of drug-likeness (QED) is 0.672. The summed E-state index contributed by atoms with van der Waals surface area (Å²) < 4.78 is 20.9. The Morgan fingerprint density at radius 1 is 1.29 bits per heavy atom. The molecule has 0 saturated heterocycles. The van der Waals surface area contributed by atoms with Gasteiger partial charge in [0.2, 0.25) is 12.6 Å². The molecule has 0 atom stereocenters. The molecule has 7 nitrogen and oxygen atoms in total. The number of hydrogen-bond acceptors (Lipinski definition) is 8. The van der Waals surface area contributed by atoms with Gasteiger partial charge in [-0.15, -0.1) is 11.3 Å². The van der Waals surface area contributed by atoms with E-state index in [2.05, 4.69) is 10.1 Å². The number of thiophene rings is 1. The van der Waals surface area contributed by atoms with Gasteiger partial charge in [-0.2, -0.15) is 4.98 Å². The molecule has 3 heterocycles. The van der Waals surface area contributed by atoms with Crippen molar-refractivity contribution in [3.63, 3.8) is 0 Å². The fourth-order valence-corrected chi connectivity index (χ4v) is 3.06. The molecule has 1 aliphatic heterocycles. The molecule has 0 bridgehead atoms. The van der Waals surface area contributed by atoms with Gasteiger partial charge in [0.05, 0.1) is 0 Å². The van der Waals surface area contributed by atoms with Crippen molar-refractivity contribution in [2.75, 3.05) is 6.79 Å². The standard InChI is InChI=1S/C16H12N2O5S/c1-9-4-5-24-14(9)16(19)20-7-13-17-15(18-23-13)10-2-3-11-12(6-10)22-8-21-11/h2-6H,7-8H2,1H3. The van der Waals surface area contributed by atoms with Crippen LogP contribution in [-0.2, 0) is 11.3 Å². The lowest BCUT2D eigenvalue weighted by Crippen LogP contribution is -2.04. The maximum absolute atomic E-state index is 12.0. The lowest BCUT2D eigenvalue weighted by atomic mass is 10.2. The van der Waals surface area contributed by atoms with E-state index in [0.717, 1.165) is 11.1 Å². The highest BCUT2D eigenvalue weighted by Gasteiger charge is 2.18. The minimum absolute atomic E-state index is 0.0757. The van der Waals surface area contributed by atoms with Crippen LogP contribution in [0.5, 0.6) is 11.5 Å². The van der Waals surface area contributed by atoms with E-state index in [0.29, 0.717) is 22.2 Å². The molecule has 0 radical (unpaired) electrons. The SMILES string of the molecule is Cc1ccsc1C(=O)OCc1nc(-c2ccc3c(c2)OCO3)no1. The molecule has 2 aromatic heterocycles. The Balaban J connectivity index is 1.45. The minimum atomic E-state index is -0.398. The Bertz CT molecular complexity index is 902. The van der Waals surface area contributed by atoms with Crippen molar-refractivity contribution in [2.24, 2.45) is 0 Å². The molecule has 0 aliphatic carbocycles. The number of aryl methyl sites for hydroxylation is 1. The molecule has 3 aromatic rings. The van der Waals surface area contributed by atoms with Crippen LogP contribution in [-0.4, -0.2) is 22.9 Å². The van der Waals surface area contributed by atoms with Gasteiger partial charge in [0.25, 0.3) is 5.89 Å². The van der Waals surface area contributed by atoms with Gasteiger partial charge in [-0.1, -0.05) is 5.16 Å². The molecule has 0 unspecified atom stereocenters.